The molecule has 1 aliphatic rings. The van der Waals surface area contributed by atoms with Crippen LogP contribution >= 0.6 is 0 Å². The fourth-order valence-corrected chi connectivity index (χ4v) is 1.96. The maximum Gasteiger partial charge on any atom is 0.389 e. The van der Waals surface area contributed by atoms with E-state index in [1.807, 2.05) is 7.05 Å². The molecule has 0 aromatic rings. The van der Waals surface area contributed by atoms with E-state index in [1.54, 1.807) is 0 Å². The Balaban J connectivity index is 2.09. The van der Waals surface area contributed by atoms with Gasteiger partial charge in [-0.3, -0.25) is 0 Å². The van der Waals surface area contributed by atoms with Crippen LogP contribution in [0.2, 0.25) is 0 Å². The van der Waals surface area contributed by atoms with Gasteiger partial charge in [-0.25, -0.2) is 0 Å². The summed E-state index contributed by atoms with van der Waals surface area (Å²) < 4.78 is 40.9. The lowest BCUT2D eigenvalue weighted by atomic mass is 10.2. The maximum atomic E-state index is 11.8. The van der Waals surface area contributed by atoms with Gasteiger partial charge in [0.15, 0.2) is 0 Å². The lowest BCUT2D eigenvalue weighted by molar-refractivity contribution is -0.139. The highest BCUT2D eigenvalue weighted by molar-refractivity contribution is 4.82. The molecule has 1 aliphatic carbocycles. The van der Waals surface area contributed by atoms with E-state index in [-0.39, 0.29) is 19.1 Å². The number of alkyl halides is 3. The molecule has 0 heterocycles. The molecule has 1 fully saturated rings. The van der Waals surface area contributed by atoms with Gasteiger partial charge in [0.1, 0.15) is 0 Å². The van der Waals surface area contributed by atoms with E-state index < -0.39 is 12.6 Å². The zero-order valence-electron chi connectivity index (χ0n) is 8.94. The second-order valence-electron chi connectivity index (χ2n) is 3.95. The second kappa shape index (κ2) is 5.70. The Morgan fingerprint density at radius 2 is 2.07 bits per heavy atom. The normalized spacial score (nSPS) is 27.2. The van der Waals surface area contributed by atoms with Crippen LogP contribution in [0.5, 0.6) is 0 Å². The fourth-order valence-electron chi connectivity index (χ4n) is 1.96. The van der Waals surface area contributed by atoms with E-state index >= 15 is 0 Å². The van der Waals surface area contributed by atoms with E-state index in [9.17, 15) is 13.2 Å². The summed E-state index contributed by atoms with van der Waals surface area (Å²) in [7, 11) is 1.86. The molecule has 0 amide bonds. The Morgan fingerprint density at radius 3 is 2.67 bits per heavy atom. The van der Waals surface area contributed by atoms with Crippen LogP contribution in [0.3, 0.4) is 0 Å². The average molecular weight is 225 g/mol. The molecular formula is C10H18F3NO. The van der Waals surface area contributed by atoms with Crippen LogP contribution in [-0.4, -0.2) is 32.0 Å². The molecule has 0 spiro atoms. The van der Waals surface area contributed by atoms with Gasteiger partial charge in [-0.15, -0.1) is 0 Å². The fraction of sp³-hybridized carbons (Fsp3) is 1.00. The molecule has 2 unspecified atom stereocenters. The van der Waals surface area contributed by atoms with Crippen LogP contribution in [-0.2, 0) is 4.74 Å². The van der Waals surface area contributed by atoms with E-state index in [1.165, 1.54) is 0 Å². The number of rotatable bonds is 5. The van der Waals surface area contributed by atoms with Gasteiger partial charge < -0.3 is 10.1 Å². The Morgan fingerprint density at radius 1 is 1.33 bits per heavy atom. The zero-order chi connectivity index (χ0) is 11.3. The first kappa shape index (κ1) is 12.8. The molecule has 1 saturated carbocycles. The number of hydrogen-bond donors (Lipinski definition) is 1. The molecular weight excluding hydrogens is 207 g/mol. The van der Waals surface area contributed by atoms with Crippen molar-refractivity contribution in [1.82, 2.24) is 5.32 Å². The summed E-state index contributed by atoms with van der Waals surface area (Å²) in [6, 6.07) is 0.316. The van der Waals surface area contributed by atoms with Crippen molar-refractivity contribution in [3.8, 4) is 0 Å². The summed E-state index contributed by atoms with van der Waals surface area (Å²) >= 11 is 0. The van der Waals surface area contributed by atoms with Crippen molar-refractivity contribution in [1.29, 1.82) is 0 Å². The van der Waals surface area contributed by atoms with Gasteiger partial charge in [0, 0.05) is 19.1 Å². The number of halogens is 3. The molecule has 0 aromatic heterocycles. The Kier molecular flexibility index (Phi) is 4.86. The number of ether oxygens (including phenoxy) is 1. The molecule has 2 atom stereocenters. The Labute approximate surface area is 88.2 Å². The van der Waals surface area contributed by atoms with Crippen molar-refractivity contribution < 1.29 is 17.9 Å². The third-order valence-electron chi connectivity index (χ3n) is 2.76. The topological polar surface area (TPSA) is 21.3 Å². The van der Waals surface area contributed by atoms with Crippen LogP contribution in [0.25, 0.3) is 0 Å². The van der Waals surface area contributed by atoms with Crippen molar-refractivity contribution in [2.24, 2.45) is 0 Å². The summed E-state index contributed by atoms with van der Waals surface area (Å²) in [4.78, 5) is 0. The smallest absolute Gasteiger partial charge is 0.377 e. The van der Waals surface area contributed by atoms with Gasteiger partial charge in [0.05, 0.1) is 6.10 Å². The lowest BCUT2D eigenvalue weighted by Crippen LogP contribution is -2.34. The number of likely N-dealkylation sites (N-methyl/N-ethyl adjacent to an activating group) is 1. The molecule has 2 nitrogen and oxygen atoms in total. The first-order valence-corrected chi connectivity index (χ1v) is 5.38. The van der Waals surface area contributed by atoms with Crippen molar-refractivity contribution in [3.05, 3.63) is 0 Å². The predicted octanol–water partition coefficient (Wildman–Crippen LogP) is 2.49. The van der Waals surface area contributed by atoms with Gasteiger partial charge in [-0.1, -0.05) is 0 Å². The minimum Gasteiger partial charge on any atom is -0.377 e. The van der Waals surface area contributed by atoms with Crippen LogP contribution in [0.1, 0.15) is 32.1 Å². The highest BCUT2D eigenvalue weighted by Crippen LogP contribution is 2.24. The first-order valence-electron chi connectivity index (χ1n) is 5.38. The standard InChI is InChI=1S/C10H18F3NO/c1-14-8-4-2-5-9(8)15-7-3-6-10(11,12)13/h8-9,14H,2-7H2,1H3. The third-order valence-corrected chi connectivity index (χ3v) is 2.76. The molecule has 90 valence electrons. The highest BCUT2D eigenvalue weighted by Gasteiger charge is 2.28. The van der Waals surface area contributed by atoms with Crippen molar-refractivity contribution in [3.63, 3.8) is 0 Å². The summed E-state index contributed by atoms with van der Waals surface area (Å²) in [6.07, 6.45) is -1.53. The van der Waals surface area contributed by atoms with Gasteiger partial charge in [0.2, 0.25) is 0 Å². The molecule has 15 heavy (non-hydrogen) atoms. The molecule has 0 bridgehead atoms. The number of hydrogen-bond acceptors (Lipinski definition) is 2. The van der Waals surface area contributed by atoms with Crippen molar-refractivity contribution in [2.45, 2.75) is 50.4 Å². The van der Waals surface area contributed by atoms with Crippen molar-refractivity contribution in [2.75, 3.05) is 13.7 Å². The van der Waals surface area contributed by atoms with Crippen LogP contribution in [0.15, 0.2) is 0 Å². The molecule has 0 saturated heterocycles. The SMILES string of the molecule is CNC1CCCC1OCCCC(F)(F)F. The minimum atomic E-state index is -4.05. The third kappa shape index (κ3) is 4.84. The molecule has 0 aliphatic heterocycles. The minimum absolute atomic E-state index is 0.0659. The second-order valence-corrected chi connectivity index (χ2v) is 3.95. The van der Waals surface area contributed by atoms with Crippen molar-refractivity contribution >= 4 is 0 Å². The van der Waals surface area contributed by atoms with E-state index in [0.717, 1.165) is 19.3 Å². The predicted molar refractivity (Wildman–Crippen MR) is 51.7 cm³/mol. The van der Waals surface area contributed by atoms with Gasteiger partial charge in [-0.2, -0.15) is 13.2 Å². The monoisotopic (exact) mass is 225 g/mol. The maximum absolute atomic E-state index is 11.8. The van der Waals surface area contributed by atoms with Crippen LogP contribution < -0.4 is 5.32 Å². The molecule has 5 heteroatoms. The molecule has 1 rings (SSSR count). The Hall–Kier alpha value is -0.290. The van der Waals surface area contributed by atoms with E-state index in [4.69, 9.17) is 4.74 Å². The molecule has 0 radical (unpaired) electrons. The quantitative estimate of drug-likeness (QED) is 0.726. The van der Waals surface area contributed by atoms with Gasteiger partial charge in [-0.05, 0) is 32.7 Å². The molecule has 0 aromatic carbocycles. The van der Waals surface area contributed by atoms with E-state index in [2.05, 4.69) is 5.32 Å². The highest BCUT2D eigenvalue weighted by atomic mass is 19.4. The molecule has 1 N–H and O–H groups in total. The van der Waals surface area contributed by atoms with Gasteiger partial charge in [0.25, 0.3) is 0 Å². The summed E-state index contributed by atoms with van der Waals surface area (Å²) in [5.41, 5.74) is 0. The Bertz CT molecular complexity index is 184. The summed E-state index contributed by atoms with van der Waals surface area (Å²) in [6.45, 7) is 0.211. The first-order chi connectivity index (χ1) is 7.03. The van der Waals surface area contributed by atoms with Crippen LogP contribution in [0, 0.1) is 0 Å². The van der Waals surface area contributed by atoms with Gasteiger partial charge >= 0.3 is 6.18 Å². The van der Waals surface area contributed by atoms with Crippen LogP contribution in [0.4, 0.5) is 13.2 Å². The summed E-state index contributed by atoms with van der Waals surface area (Å²) in [5.74, 6) is 0. The number of nitrogens with one attached hydrogen (secondary N) is 1. The largest absolute Gasteiger partial charge is 0.389 e. The lowest BCUT2D eigenvalue weighted by Gasteiger charge is -2.19. The zero-order valence-corrected chi connectivity index (χ0v) is 8.94. The average Bonchev–Trinajstić information content (AvgIpc) is 2.58. The summed E-state index contributed by atoms with van der Waals surface area (Å²) in [5, 5.41) is 3.12. The van der Waals surface area contributed by atoms with E-state index in [0.29, 0.717) is 6.04 Å².